The molecule has 0 radical (unpaired) electrons. The number of esters is 1. The predicted molar refractivity (Wildman–Crippen MR) is 54.6 cm³/mol. The highest BCUT2D eigenvalue weighted by atomic mass is 35.5. The summed E-state index contributed by atoms with van der Waals surface area (Å²) in [6.45, 7) is 1.76. The third kappa shape index (κ3) is 4.22. The molecule has 0 aliphatic carbocycles. The van der Waals surface area contributed by atoms with Crippen LogP contribution < -0.4 is 0 Å². The van der Waals surface area contributed by atoms with Crippen LogP contribution in [0.4, 0.5) is 13.2 Å². The molecule has 0 N–H and O–H groups in total. The highest BCUT2D eigenvalue weighted by molar-refractivity contribution is 6.29. The fourth-order valence-corrected chi connectivity index (χ4v) is 1.39. The summed E-state index contributed by atoms with van der Waals surface area (Å²) >= 11 is 5.45. The van der Waals surface area contributed by atoms with Crippen LogP contribution in [0.5, 0.6) is 0 Å². The summed E-state index contributed by atoms with van der Waals surface area (Å²) < 4.78 is 41.9. The number of halogens is 4. The van der Waals surface area contributed by atoms with E-state index in [1.165, 1.54) is 0 Å². The van der Waals surface area contributed by atoms with E-state index in [9.17, 15) is 18.0 Å². The Balaban J connectivity index is 2.94. The van der Waals surface area contributed by atoms with Crippen LogP contribution in [0.1, 0.15) is 18.2 Å². The molecule has 7 heteroatoms. The fourth-order valence-electron chi connectivity index (χ4n) is 1.17. The van der Waals surface area contributed by atoms with Crippen LogP contribution in [-0.4, -0.2) is 17.6 Å². The summed E-state index contributed by atoms with van der Waals surface area (Å²) in [5.41, 5.74) is -1.000. The molecule has 1 aromatic rings. The first-order chi connectivity index (χ1) is 7.82. The maximum atomic E-state index is 12.4. The van der Waals surface area contributed by atoms with Gasteiger partial charge in [0.05, 0.1) is 24.3 Å². The van der Waals surface area contributed by atoms with Gasteiger partial charge in [-0.2, -0.15) is 13.2 Å². The standard InChI is InChI=1S/C10H9ClF3NO2/c1-2-17-9(16)5-7-3-6(10(12,13)14)4-8(11)15-7/h3-4H,2,5H2,1H3. The molecule has 0 aliphatic heterocycles. The molecule has 0 atom stereocenters. The van der Waals surface area contributed by atoms with Crippen molar-refractivity contribution in [1.29, 1.82) is 0 Å². The second kappa shape index (κ2) is 5.35. The van der Waals surface area contributed by atoms with Gasteiger partial charge in [0.2, 0.25) is 0 Å². The molecule has 1 rings (SSSR count). The zero-order chi connectivity index (χ0) is 13.1. The normalized spacial score (nSPS) is 11.4. The summed E-state index contributed by atoms with van der Waals surface area (Å²) in [6.07, 6.45) is -4.85. The Bertz CT molecular complexity index is 421. The van der Waals surface area contributed by atoms with Crippen LogP contribution in [0.2, 0.25) is 5.15 Å². The van der Waals surface area contributed by atoms with Crippen molar-refractivity contribution in [2.24, 2.45) is 0 Å². The summed E-state index contributed by atoms with van der Waals surface area (Å²) in [5, 5.41) is -0.306. The quantitative estimate of drug-likeness (QED) is 0.624. The molecule has 0 fully saturated rings. The molecule has 0 amide bonds. The Morgan fingerprint density at radius 2 is 2.12 bits per heavy atom. The van der Waals surface area contributed by atoms with Gasteiger partial charge < -0.3 is 4.74 Å². The van der Waals surface area contributed by atoms with Crippen LogP contribution in [0, 0.1) is 0 Å². The molecule has 17 heavy (non-hydrogen) atoms. The molecule has 0 bridgehead atoms. The van der Waals surface area contributed by atoms with Crippen molar-refractivity contribution in [3.05, 3.63) is 28.5 Å². The molecule has 0 saturated carbocycles. The highest BCUT2D eigenvalue weighted by Gasteiger charge is 2.31. The number of pyridine rings is 1. The smallest absolute Gasteiger partial charge is 0.416 e. The van der Waals surface area contributed by atoms with E-state index in [1.54, 1.807) is 6.92 Å². The van der Waals surface area contributed by atoms with E-state index in [-0.39, 0.29) is 23.9 Å². The van der Waals surface area contributed by atoms with Gasteiger partial charge in [-0.25, -0.2) is 4.98 Å². The van der Waals surface area contributed by atoms with Crippen molar-refractivity contribution in [1.82, 2.24) is 4.98 Å². The van der Waals surface area contributed by atoms with E-state index in [0.29, 0.717) is 6.07 Å². The van der Waals surface area contributed by atoms with Crippen LogP contribution in [0.25, 0.3) is 0 Å². The number of ether oxygens (including phenoxy) is 1. The number of rotatable bonds is 3. The predicted octanol–water partition coefficient (Wildman–Crippen LogP) is 2.86. The van der Waals surface area contributed by atoms with E-state index in [0.717, 1.165) is 6.07 Å². The zero-order valence-electron chi connectivity index (χ0n) is 8.84. The fraction of sp³-hybridized carbons (Fsp3) is 0.400. The van der Waals surface area contributed by atoms with Crippen molar-refractivity contribution < 1.29 is 22.7 Å². The molecule has 0 saturated heterocycles. The van der Waals surface area contributed by atoms with Crippen LogP contribution in [0.3, 0.4) is 0 Å². The van der Waals surface area contributed by atoms with Gasteiger partial charge in [0, 0.05) is 0 Å². The maximum Gasteiger partial charge on any atom is 0.416 e. The van der Waals surface area contributed by atoms with E-state index < -0.39 is 17.7 Å². The first kappa shape index (κ1) is 13.8. The molecule has 0 unspecified atom stereocenters. The number of carbonyl (C=O) groups excluding carboxylic acids is 1. The van der Waals surface area contributed by atoms with E-state index in [2.05, 4.69) is 9.72 Å². The number of hydrogen-bond acceptors (Lipinski definition) is 3. The molecule has 3 nitrogen and oxygen atoms in total. The van der Waals surface area contributed by atoms with E-state index in [1.807, 2.05) is 0 Å². The van der Waals surface area contributed by atoms with Crippen molar-refractivity contribution in [2.45, 2.75) is 19.5 Å². The first-order valence-electron chi connectivity index (χ1n) is 4.72. The maximum absolute atomic E-state index is 12.4. The molecular formula is C10H9ClF3NO2. The third-order valence-electron chi connectivity index (χ3n) is 1.81. The van der Waals surface area contributed by atoms with Gasteiger partial charge in [-0.3, -0.25) is 4.79 Å². The molecule has 1 aromatic heterocycles. The van der Waals surface area contributed by atoms with Gasteiger partial charge in [0.25, 0.3) is 0 Å². The molecule has 94 valence electrons. The average molecular weight is 268 g/mol. The average Bonchev–Trinajstić information content (AvgIpc) is 2.15. The van der Waals surface area contributed by atoms with Gasteiger partial charge in [-0.1, -0.05) is 11.6 Å². The number of carbonyl (C=O) groups is 1. The lowest BCUT2D eigenvalue weighted by Crippen LogP contribution is -2.11. The van der Waals surface area contributed by atoms with E-state index in [4.69, 9.17) is 11.6 Å². The van der Waals surface area contributed by atoms with Gasteiger partial charge in [0.15, 0.2) is 0 Å². The summed E-state index contributed by atoms with van der Waals surface area (Å²) in [7, 11) is 0. The zero-order valence-corrected chi connectivity index (χ0v) is 9.60. The topological polar surface area (TPSA) is 39.2 Å². The lowest BCUT2D eigenvalue weighted by Gasteiger charge is -2.08. The number of aromatic nitrogens is 1. The van der Waals surface area contributed by atoms with Gasteiger partial charge >= 0.3 is 12.1 Å². The summed E-state index contributed by atoms with van der Waals surface area (Å²) in [5.74, 6) is -0.643. The largest absolute Gasteiger partial charge is 0.466 e. The van der Waals surface area contributed by atoms with Crippen LogP contribution in [-0.2, 0) is 22.1 Å². The molecule has 0 aliphatic rings. The molecule has 0 aromatic carbocycles. The SMILES string of the molecule is CCOC(=O)Cc1cc(C(F)(F)F)cc(Cl)n1. The molecule has 1 heterocycles. The lowest BCUT2D eigenvalue weighted by atomic mass is 10.2. The van der Waals surface area contributed by atoms with Crippen LogP contribution in [0.15, 0.2) is 12.1 Å². The van der Waals surface area contributed by atoms with Gasteiger partial charge in [0.1, 0.15) is 5.15 Å². The van der Waals surface area contributed by atoms with Crippen molar-refractivity contribution in [3.63, 3.8) is 0 Å². The van der Waals surface area contributed by atoms with Crippen molar-refractivity contribution >= 4 is 17.6 Å². The lowest BCUT2D eigenvalue weighted by molar-refractivity contribution is -0.142. The first-order valence-corrected chi connectivity index (χ1v) is 5.10. The Kier molecular flexibility index (Phi) is 4.34. The third-order valence-corrected chi connectivity index (χ3v) is 2.00. The second-order valence-electron chi connectivity index (χ2n) is 3.15. The van der Waals surface area contributed by atoms with Crippen molar-refractivity contribution in [2.75, 3.05) is 6.61 Å². The minimum Gasteiger partial charge on any atom is -0.466 e. The monoisotopic (exact) mass is 267 g/mol. The minimum atomic E-state index is -4.52. The highest BCUT2D eigenvalue weighted by Crippen LogP contribution is 2.30. The van der Waals surface area contributed by atoms with E-state index >= 15 is 0 Å². The van der Waals surface area contributed by atoms with Crippen molar-refractivity contribution in [3.8, 4) is 0 Å². The Morgan fingerprint density at radius 3 is 2.65 bits per heavy atom. The number of nitrogens with zero attached hydrogens (tertiary/aromatic N) is 1. The minimum absolute atomic E-state index is 0.0664. The van der Waals surface area contributed by atoms with Gasteiger partial charge in [-0.15, -0.1) is 0 Å². The van der Waals surface area contributed by atoms with Gasteiger partial charge in [-0.05, 0) is 19.1 Å². The number of hydrogen-bond donors (Lipinski definition) is 0. The molecular weight excluding hydrogens is 259 g/mol. The molecule has 0 spiro atoms. The number of alkyl halides is 3. The summed E-state index contributed by atoms with van der Waals surface area (Å²) in [4.78, 5) is 14.7. The Hall–Kier alpha value is -1.30. The Morgan fingerprint density at radius 1 is 1.47 bits per heavy atom. The second-order valence-corrected chi connectivity index (χ2v) is 3.54. The summed E-state index contributed by atoms with van der Waals surface area (Å²) in [6, 6.07) is 1.49. The van der Waals surface area contributed by atoms with Crippen LogP contribution >= 0.6 is 11.6 Å². The Labute approximate surface area is 101 Å².